The van der Waals surface area contributed by atoms with Crippen molar-refractivity contribution < 1.29 is 4.42 Å². The molecule has 12 rings (SSSR count). The zero-order chi connectivity index (χ0) is 35.3. The van der Waals surface area contributed by atoms with Gasteiger partial charge >= 0.3 is 0 Å². The Morgan fingerprint density at radius 2 is 0.907 bits per heavy atom. The van der Waals surface area contributed by atoms with E-state index in [1.165, 1.54) is 102 Å². The molecule has 0 amide bonds. The van der Waals surface area contributed by atoms with Crippen LogP contribution in [-0.4, -0.2) is 0 Å². The van der Waals surface area contributed by atoms with Crippen molar-refractivity contribution >= 4 is 96.5 Å². The summed E-state index contributed by atoms with van der Waals surface area (Å²) < 4.78 is 9.41. The van der Waals surface area contributed by atoms with Crippen molar-refractivity contribution in [2.75, 3.05) is 0 Å². The topological polar surface area (TPSA) is 13.1 Å². The maximum atomic E-state index is 6.86. The second-order valence-corrected chi connectivity index (χ2v) is 15.3. The lowest BCUT2D eigenvalue weighted by Crippen LogP contribution is -1.92. The Balaban J connectivity index is 1.19. The highest BCUT2D eigenvalue weighted by Gasteiger charge is 2.23. The van der Waals surface area contributed by atoms with Crippen molar-refractivity contribution in [3.8, 4) is 33.4 Å². The third kappa shape index (κ3) is 4.14. The molecular formula is C52H30OS. The first kappa shape index (κ1) is 29.8. The third-order valence-corrected chi connectivity index (χ3v) is 12.6. The summed E-state index contributed by atoms with van der Waals surface area (Å²) >= 11 is 1.87. The molecule has 0 aliphatic rings. The molecule has 0 spiro atoms. The van der Waals surface area contributed by atoms with Crippen molar-refractivity contribution in [3.05, 3.63) is 182 Å². The summed E-state index contributed by atoms with van der Waals surface area (Å²) in [5.41, 5.74) is 9.33. The number of hydrogen-bond donors (Lipinski definition) is 0. The lowest BCUT2D eigenvalue weighted by molar-refractivity contribution is 0.673. The fourth-order valence-corrected chi connectivity index (χ4v) is 10.4. The van der Waals surface area contributed by atoms with Crippen molar-refractivity contribution in [2.24, 2.45) is 0 Å². The Labute approximate surface area is 314 Å². The minimum Gasteiger partial charge on any atom is -0.455 e. The second kappa shape index (κ2) is 11.4. The number of furan rings is 1. The number of fused-ring (bicyclic) bond motifs is 12. The van der Waals surface area contributed by atoms with Gasteiger partial charge < -0.3 is 4.42 Å². The second-order valence-electron chi connectivity index (χ2n) is 14.3. The summed E-state index contributed by atoms with van der Waals surface area (Å²) in [5.74, 6) is 0. The molecule has 2 heteroatoms. The SMILES string of the molecule is c1ccc(-c2c3ccccc3c(-c3ccc(-c4cc5sc6c7ccccc7ccc6c5c5oc6ccccc6c45)c4ccccc34)c3ccccc23)cc1. The van der Waals surface area contributed by atoms with E-state index < -0.39 is 0 Å². The van der Waals surface area contributed by atoms with Gasteiger partial charge in [-0.25, -0.2) is 0 Å². The third-order valence-electron chi connectivity index (χ3n) is 11.5. The van der Waals surface area contributed by atoms with Crippen LogP contribution in [0.4, 0.5) is 0 Å². The highest BCUT2D eigenvalue weighted by atomic mass is 32.1. The van der Waals surface area contributed by atoms with E-state index in [0.29, 0.717) is 0 Å². The van der Waals surface area contributed by atoms with E-state index in [-0.39, 0.29) is 0 Å². The van der Waals surface area contributed by atoms with Gasteiger partial charge in [-0.05, 0) is 88.6 Å². The molecule has 0 saturated heterocycles. The number of benzene rings is 10. The zero-order valence-electron chi connectivity index (χ0n) is 29.1. The molecule has 2 aromatic heterocycles. The van der Waals surface area contributed by atoms with Gasteiger partial charge in [-0.3, -0.25) is 0 Å². The van der Waals surface area contributed by atoms with Gasteiger partial charge in [0.2, 0.25) is 0 Å². The van der Waals surface area contributed by atoms with Crippen molar-refractivity contribution in [3.63, 3.8) is 0 Å². The Morgan fingerprint density at radius 1 is 0.352 bits per heavy atom. The van der Waals surface area contributed by atoms with Crippen LogP contribution in [0.3, 0.4) is 0 Å². The van der Waals surface area contributed by atoms with Crippen LogP contribution in [0, 0.1) is 0 Å². The molecule has 1 nitrogen and oxygen atoms in total. The van der Waals surface area contributed by atoms with E-state index in [1.54, 1.807) is 0 Å². The molecular weight excluding hydrogens is 673 g/mol. The van der Waals surface area contributed by atoms with Crippen LogP contribution < -0.4 is 0 Å². The van der Waals surface area contributed by atoms with Crippen molar-refractivity contribution in [1.29, 1.82) is 0 Å². The predicted octanol–water partition coefficient (Wildman–Crippen LogP) is 15.6. The Kier molecular flexibility index (Phi) is 6.28. The summed E-state index contributed by atoms with van der Waals surface area (Å²) in [6.45, 7) is 0. The highest BCUT2D eigenvalue weighted by molar-refractivity contribution is 7.27. The van der Waals surface area contributed by atoms with Gasteiger partial charge in [-0.1, -0.05) is 170 Å². The first-order valence-corrected chi connectivity index (χ1v) is 19.3. The molecule has 0 N–H and O–H groups in total. The van der Waals surface area contributed by atoms with Crippen molar-refractivity contribution in [2.45, 2.75) is 0 Å². The van der Waals surface area contributed by atoms with Gasteiger partial charge in [-0.15, -0.1) is 11.3 Å². The molecule has 0 unspecified atom stereocenters. The van der Waals surface area contributed by atoms with Gasteiger partial charge in [0.25, 0.3) is 0 Å². The lowest BCUT2D eigenvalue weighted by Gasteiger charge is -2.20. The van der Waals surface area contributed by atoms with Crippen LogP contribution >= 0.6 is 11.3 Å². The smallest absolute Gasteiger partial charge is 0.145 e. The molecule has 0 atom stereocenters. The van der Waals surface area contributed by atoms with Gasteiger partial charge in [-0.2, -0.15) is 0 Å². The quantitative estimate of drug-likeness (QED) is 0.167. The van der Waals surface area contributed by atoms with Crippen LogP contribution in [-0.2, 0) is 0 Å². The molecule has 10 aromatic carbocycles. The monoisotopic (exact) mass is 702 g/mol. The van der Waals surface area contributed by atoms with E-state index in [9.17, 15) is 0 Å². The highest BCUT2D eigenvalue weighted by Crippen LogP contribution is 2.51. The van der Waals surface area contributed by atoms with E-state index in [0.717, 1.165) is 16.6 Å². The molecule has 0 saturated carbocycles. The lowest BCUT2D eigenvalue weighted by atomic mass is 9.83. The number of para-hydroxylation sites is 1. The Morgan fingerprint density at radius 3 is 1.63 bits per heavy atom. The van der Waals surface area contributed by atoms with Gasteiger partial charge in [0.05, 0.1) is 0 Å². The van der Waals surface area contributed by atoms with Gasteiger partial charge in [0.15, 0.2) is 0 Å². The molecule has 0 bridgehead atoms. The maximum absolute atomic E-state index is 6.86. The first-order chi connectivity index (χ1) is 26.8. The molecule has 54 heavy (non-hydrogen) atoms. The summed E-state index contributed by atoms with van der Waals surface area (Å²) in [7, 11) is 0. The van der Waals surface area contributed by atoms with Gasteiger partial charge in [0.1, 0.15) is 11.2 Å². The van der Waals surface area contributed by atoms with E-state index in [2.05, 4.69) is 182 Å². The average molecular weight is 703 g/mol. The minimum absolute atomic E-state index is 0.916. The zero-order valence-corrected chi connectivity index (χ0v) is 30.0. The number of hydrogen-bond acceptors (Lipinski definition) is 2. The van der Waals surface area contributed by atoms with Crippen LogP contribution in [0.2, 0.25) is 0 Å². The first-order valence-electron chi connectivity index (χ1n) is 18.5. The van der Waals surface area contributed by atoms with Crippen molar-refractivity contribution in [1.82, 2.24) is 0 Å². The molecule has 0 fully saturated rings. The fourth-order valence-electron chi connectivity index (χ4n) is 9.17. The van der Waals surface area contributed by atoms with E-state index in [1.807, 2.05) is 11.3 Å². The molecule has 0 aliphatic heterocycles. The summed E-state index contributed by atoms with van der Waals surface area (Å²) in [6, 6.07) is 66.6. The predicted molar refractivity (Wildman–Crippen MR) is 233 cm³/mol. The largest absolute Gasteiger partial charge is 0.455 e. The van der Waals surface area contributed by atoms with Crippen LogP contribution in [0.15, 0.2) is 186 Å². The van der Waals surface area contributed by atoms with Crippen LogP contribution in [0.1, 0.15) is 0 Å². The van der Waals surface area contributed by atoms with Crippen LogP contribution in [0.25, 0.3) is 119 Å². The number of rotatable bonds is 3. The van der Waals surface area contributed by atoms with E-state index >= 15 is 0 Å². The molecule has 0 radical (unpaired) electrons. The maximum Gasteiger partial charge on any atom is 0.145 e. The minimum atomic E-state index is 0.916. The summed E-state index contributed by atoms with van der Waals surface area (Å²) in [6.07, 6.45) is 0. The van der Waals surface area contributed by atoms with Crippen LogP contribution in [0.5, 0.6) is 0 Å². The molecule has 250 valence electrons. The number of thiophene rings is 1. The average Bonchev–Trinajstić information content (AvgIpc) is 3.82. The van der Waals surface area contributed by atoms with E-state index in [4.69, 9.17) is 4.42 Å². The Hall–Kier alpha value is -6.74. The fraction of sp³-hybridized carbons (Fsp3) is 0. The van der Waals surface area contributed by atoms with Gasteiger partial charge in [0, 0.05) is 30.9 Å². The molecule has 2 heterocycles. The normalized spacial score (nSPS) is 12.1. The summed E-state index contributed by atoms with van der Waals surface area (Å²) in [5, 5.41) is 14.8. The standard InChI is InChI=1S/C52H30OS/c1-2-15-32(16-3-1)47-37-20-8-10-22-39(37)48(40-23-11-9-21-38(40)47)41-29-28-36(34-18-6-7-19-35(34)41)44-30-46-50(51-49(44)42-24-12-13-25-45(42)53-51)43-27-26-31-14-4-5-17-33(31)52(43)54-46/h1-30H. The molecule has 0 aliphatic carbocycles. The molecule has 12 aromatic rings. The Bertz CT molecular complexity index is 3440. The summed E-state index contributed by atoms with van der Waals surface area (Å²) in [4.78, 5) is 0.